The largest absolute Gasteiger partial charge is 0.493 e. The maximum absolute atomic E-state index is 13.2. The molecule has 0 radical (unpaired) electrons. The molecule has 4 rings (SSSR count). The fourth-order valence-corrected chi connectivity index (χ4v) is 3.89. The van der Waals surface area contributed by atoms with Crippen LogP contribution in [-0.2, 0) is 19.4 Å². The van der Waals surface area contributed by atoms with Gasteiger partial charge in [0.25, 0.3) is 5.91 Å². The van der Waals surface area contributed by atoms with E-state index in [1.54, 1.807) is 7.11 Å². The minimum Gasteiger partial charge on any atom is -0.493 e. The fourth-order valence-electron chi connectivity index (χ4n) is 3.89. The van der Waals surface area contributed by atoms with Crippen LogP contribution in [0.3, 0.4) is 0 Å². The SMILES string of the molecule is COc1cccc2c1OCCCN(C(=O)c1n[nH]c3c1C[C@@H](C)CC3)C2. The van der Waals surface area contributed by atoms with Crippen LogP contribution in [0.2, 0.25) is 0 Å². The molecule has 1 amide bonds. The predicted molar refractivity (Wildman–Crippen MR) is 97.6 cm³/mol. The predicted octanol–water partition coefficient (Wildman–Crippen LogP) is 2.97. The van der Waals surface area contributed by atoms with Crippen molar-refractivity contribution in [3.8, 4) is 11.5 Å². The molecule has 1 aliphatic heterocycles. The molecule has 0 saturated carbocycles. The van der Waals surface area contributed by atoms with E-state index in [0.29, 0.717) is 37.1 Å². The first-order valence-corrected chi connectivity index (χ1v) is 9.31. The molecule has 0 bridgehead atoms. The number of hydrogen-bond acceptors (Lipinski definition) is 4. The summed E-state index contributed by atoms with van der Waals surface area (Å²) in [5, 5.41) is 7.47. The topological polar surface area (TPSA) is 67.5 Å². The van der Waals surface area contributed by atoms with Crippen molar-refractivity contribution in [1.82, 2.24) is 15.1 Å². The Hall–Kier alpha value is -2.50. The van der Waals surface area contributed by atoms with Crippen molar-refractivity contribution >= 4 is 5.91 Å². The lowest BCUT2D eigenvalue weighted by Crippen LogP contribution is -2.34. The van der Waals surface area contributed by atoms with Crippen molar-refractivity contribution in [3.05, 3.63) is 40.7 Å². The van der Waals surface area contributed by atoms with Crippen molar-refractivity contribution in [2.75, 3.05) is 20.3 Å². The molecule has 26 heavy (non-hydrogen) atoms. The number of aromatic amines is 1. The number of H-pyrrole nitrogens is 1. The van der Waals surface area contributed by atoms with Crippen LogP contribution in [0.5, 0.6) is 11.5 Å². The number of hydrogen-bond donors (Lipinski definition) is 1. The average Bonchev–Trinajstić information content (AvgIpc) is 3.04. The summed E-state index contributed by atoms with van der Waals surface area (Å²) in [6.07, 6.45) is 3.84. The maximum Gasteiger partial charge on any atom is 0.274 e. The summed E-state index contributed by atoms with van der Waals surface area (Å²) in [6, 6.07) is 5.81. The summed E-state index contributed by atoms with van der Waals surface area (Å²) in [4.78, 5) is 15.1. The molecule has 0 spiro atoms. The molecule has 0 fully saturated rings. The summed E-state index contributed by atoms with van der Waals surface area (Å²) in [5.41, 5.74) is 3.80. The highest BCUT2D eigenvalue weighted by atomic mass is 16.5. The highest BCUT2D eigenvalue weighted by Crippen LogP contribution is 2.34. The van der Waals surface area contributed by atoms with Crippen LogP contribution in [0.25, 0.3) is 0 Å². The zero-order valence-electron chi connectivity index (χ0n) is 15.4. The zero-order valence-corrected chi connectivity index (χ0v) is 15.4. The molecule has 0 saturated heterocycles. The minimum atomic E-state index is 0.00673. The first kappa shape index (κ1) is 16.9. The molecule has 6 nitrogen and oxygen atoms in total. The highest BCUT2D eigenvalue weighted by molar-refractivity contribution is 5.94. The van der Waals surface area contributed by atoms with E-state index >= 15 is 0 Å². The number of carbonyl (C=O) groups excluding carboxylic acids is 1. The number of methoxy groups -OCH3 is 1. The van der Waals surface area contributed by atoms with Gasteiger partial charge in [0.15, 0.2) is 17.2 Å². The molecule has 1 aromatic heterocycles. The van der Waals surface area contributed by atoms with E-state index in [1.807, 2.05) is 23.1 Å². The summed E-state index contributed by atoms with van der Waals surface area (Å²) in [5.74, 6) is 2.05. The number of nitrogens with zero attached hydrogens (tertiary/aromatic N) is 2. The van der Waals surface area contributed by atoms with E-state index in [-0.39, 0.29) is 5.91 Å². The number of amides is 1. The summed E-state index contributed by atoms with van der Waals surface area (Å²) in [6.45, 7) is 3.96. The maximum atomic E-state index is 13.2. The highest BCUT2D eigenvalue weighted by Gasteiger charge is 2.29. The Balaban J connectivity index is 1.63. The summed E-state index contributed by atoms with van der Waals surface area (Å²) >= 11 is 0. The van der Waals surface area contributed by atoms with E-state index in [9.17, 15) is 4.79 Å². The van der Waals surface area contributed by atoms with Gasteiger partial charge in [-0.2, -0.15) is 5.10 Å². The Kier molecular flexibility index (Phi) is 4.57. The lowest BCUT2D eigenvalue weighted by molar-refractivity contribution is 0.0714. The van der Waals surface area contributed by atoms with Gasteiger partial charge in [-0.1, -0.05) is 19.1 Å². The normalized spacial score (nSPS) is 19.6. The standard InChI is InChI=1S/C20H25N3O3/c1-13-7-8-16-15(11-13)18(22-21-16)20(24)23-9-4-10-26-19-14(12-23)5-3-6-17(19)25-2/h3,5-6,13H,4,7-12H2,1-2H3,(H,21,22)/t13-/m0/s1. The van der Waals surface area contributed by atoms with Crippen molar-refractivity contribution in [3.63, 3.8) is 0 Å². The van der Waals surface area contributed by atoms with Gasteiger partial charge in [0.2, 0.25) is 0 Å². The van der Waals surface area contributed by atoms with Crippen LogP contribution < -0.4 is 9.47 Å². The van der Waals surface area contributed by atoms with E-state index < -0.39 is 0 Å². The number of rotatable bonds is 2. The van der Waals surface area contributed by atoms with Crippen molar-refractivity contribution in [2.24, 2.45) is 5.92 Å². The van der Waals surface area contributed by atoms with Crippen molar-refractivity contribution in [2.45, 2.75) is 39.2 Å². The molecule has 1 aromatic carbocycles. The number of nitrogens with one attached hydrogen (secondary N) is 1. The van der Waals surface area contributed by atoms with Crippen LogP contribution in [0, 0.1) is 5.92 Å². The first-order chi connectivity index (χ1) is 12.7. The zero-order chi connectivity index (χ0) is 18.1. The van der Waals surface area contributed by atoms with E-state index in [2.05, 4.69) is 17.1 Å². The molecular weight excluding hydrogens is 330 g/mol. The van der Waals surface area contributed by atoms with Crippen molar-refractivity contribution in [1.29, 1.82) is 0 Å². The first-order valence-electron chi connectivity index (χ1n) is 9.31. The van der Waals surface area contributed by atoms with Crippen LogP contribution in [0.1, 0.15) is 47.1 Å². The van der Waals surface area contributed by atoms with Gasteiger partial charge in [0.05, 0.1) is 13.7 Å². The third-order valence-corrected chi connectivity index (χ3v) is 5.34. The summed E-state index contributed by atoms with van der Waals surface area (Å²) < 4.78 is 11.3. The molecular formula is C20H25N3O3. The Labute approximate surface area is 153 Å². The smallest absolute Gasteiger partial charge is 0.274 e. The molecule has 6 heteroatoms. The number of carbonyl (C=O) groups is 1. The lowest BCUT2D eigenvalue weighted by Gasteiger charge is -2.27. The third-order valence-electron chi connectivity index (χ3n) is 5.34. The van der Waals surface area contributed by atoms with Gasteiger partial charge in [-0.3, -0.25) is 9.89 Å². The van der Waals surface area contributed by atoms with Gasteiger partial charge >= 0.3 is 0 Å². The molecule has 138 valence electrons. The second-order valence-corrected chi connectivity index (χ2v) is 7.25. The fraction of sp³-hybridized carbons (Fsp3) is 0.500. The second kappa shape index (κ2) is 7.02. The molecule has 1 N–H and O–H groups in total. The Bertz CT molecular complexity index is 815. The van der Waals surface area contributed by atoms with Gasteiger partial charge in [-0.15, -0.1) is 0 Å². The number of ether oxygens (including phenoxy) is 2. The second-order valence-electron chi connectivity index (χ2n) is 7.25. The number of aromatic nitrogens is 2. The number of para-hydroxylation sites is 1. The van der Waals surface area contributed by atoms with Gasteiger partial charge < -0.3 is 14.4 Å². The van der Waals surface area contributed by atoms with Crippen LogP contribution in [0.15, 0.2) is 18.2 Å². The lowest BCUT2D eigenvalue weighted by atomic mass is 9.87. The molecule has 1 aliphatic carbocycles. The van der Waals surface area contributed by atoms with Gasteiger partial charge in [0.1, 0.15) is 0 Å². The number of fused-ring (bicyclic) bond motifs is 2. The van der Waals surface area contributed by atoms with Gasteiger partial charge in [-0.25, -0.2) is 0 Å². The molecule has 2 heterocycles. The molecule has 1 atom stereocenters. The third kappa shape index (κ3) is 3.04. The number of benzene rings is 1. The van der Waals surface area contributed by atoms with Crippen LogP contribution in [-0.4, -0.2) is 41.3 Å². The Morgan fingerprint density at radius 2 is 2.31 bits per heavy atom. The summed E-state index contributed by atoms with van der Waals surface area (Å²) in [7, 11) is 1.64. The molecule has 0 unspecified atom stereocenters. The van der Waals surface area contributed by atoms with Gasteiger partial charge in [-0.05, 0) is 37.7 Å². The monoisotopic (exact) mass is 355 g/mol. The quantitative estimate of drug-likeness (QED) is 0.899. The van der Waals surface area contributed by atoms with E-state index in [0.717, 1.165) is 48.3 Å². The molecule has 2 aliphatic rings. The van der Waals surface area contributed by atoms with E-state index in [4.69, 9.17) is 9.47 Å². The van der Waals surface area contributed by atoms with Crippen LogP contribution in [0.4, 0.5) is 0 Å². The Morgan fingerprint density at radius 1 is 1.42 bits per heavy atom. The average molecular weight is 355 g/mol. The number of aryl methyl sites for hydroxylation is 1. The van der Waals surface area contributed by atoms with Gasteiger partial charge in [0, 0.05) is 29.9 Å². The Morgan fingerprint density at radius 3 is 3.15 bits per heavy atom. The van der Waals surface area contributed by atoms with Crippen LogP contribution >= 0.6 is 0 Å². The minimum absolute atomic E-state index is 0.00673. The van der Waals surface area contributed by atoms with Crippen molar-refractivity contribution < 1.29 is 14.3 Å². The van der Waals surface area contributed by atoms with E-state index in [1.165, 1.54) is 0 Å². The molecule has 2 aromatic rings.